The summed E-state index contributed by atoms with van der Waals surface area (Å²) in [6.07, 6.45) is 1.03. The van der Waals surface area contributed by atoms with Crippen molar-refractivity contribution in [2.45, 2.75) is 49.7 Å². The third-order valence-electron chi connectivity index (χ3n) is 6.40. The van der Waals surface area contributed by atoms with Crippen molar-refractivity contribution in [2.75, 3.05) is 22.4 Å². The van der Waals surface area contributed by atoms with Gasteiger partial charge < -0.3 is 31.2 Å². The van der Waals surface area contributed by atoms with Crippen LogP contribution >= 0.6 is 22.6 Å². The van der Waals surface area contributed by atoms with Crippen LogP contribution in [0.5, 0.6) is 0 Å². The Labute approximate surface area is 232 Å². The number of H-pyrrole nitrogens is 2. The van der Waals surface area contributed by atoms with Crippen molar-refractivity contribution in [3.63, 3.8) is 0 Å². The summed E-state index contributed by atoms with van der Waals surface area (Å²) >= 11 is 2.16. The topological polar surface area (TPSA) is 276 Å². The predicted molar refractivity (Wildman–Crippen MR) is 145 cm³/mol. The molecule has 2 fully saturated rings. The van der Waals surface area contributed by atoms with Crippen molar-refractivity contribution in [1.82, 2.24) is 44.5 Å². The third-order valence-corrected chi connectivity index (χ3v) is 7.27. The lowest BCUT2D eigenvalue weighted by Gasteiger charge is -2.14. The van der Waals surface area contributed by atoms with Crippen molar-refractivity contribution in [3.8, 4) is 0 Å². The van der Waals surface area contributed by atoms with E-state index in [1.165, 1.54) is 12.7 Å². The molecule has 0 spiro atoms. The van der Waals surface area contributed by atoms with Gasteiger partial charge in [-0.3, -0.25) is 40.0 Å². The normalized spacial score (nSPS) is 26.8. The van der Waals surface area contributed by atoms with E-state index < -0.39 is 30.1 Å². The fourth-order valence-electron chi connectivity index (χ4n) is 4.52. The van der Waals surface area contributed by atoms with Crippen LogP contribution in [0.1, 0.15) is 25.3 Å². The van der Waals surface area contributed by atoms with Crippen LogP contribution in [0.25, 0.3) is 22.3 Å². The van der Waals surface area contributed by atoms with Gasteiger partial charge in [0, 0.05) is 23.8 Å². The van der Waals surface area contributed by atoms with Crippen molar-refractivity contribution in [3.05, 3.63) is 33.4 Å². The minimum absolute atomic E-state index is 0.00275. The molecule has 4 aromatic heterocycles. The van der Waals surface area contributed by atoms with E-state index in [1.54, 1.807) is 9.13 Å². The number of nitrogens with zero attached hydrogens (tertiary/aromatic N) is 6. The standard InChI is InChI=1S/C10H12IN5O3.C10H15N7O3/c11-2-5-4(17)1-6(19-5)16-3-13-7-8(16)14-10(12)15-9(7)18;11-10-15-8-7(9(19)16-10)13-3-17(8)6-1-4(18)5(20-6)2-14-12/h3-6,17H,1-2H2,(H3,12,14,15,18);3-6,14,18H,1-2,12H2,(H3,11,15,16,19)/t2*4-,5+,6+/m00/s1. The number of ether oxygens (including phenoxy) is 2. The van der Waals surface area contributed by atoms with E-state index in [0.29, 0.717) is 35.1 Å². The minimum Gasteiger partial charge on any atom is -0.390 e. The van der Waals surface area contributed by atoms with E-state index in [-0.39, 0.29) is 40.8 Å². The van der Waals surface area contributed by atoms with Crippen LogP contribution in [0, 0.1) is 0 Å². The van der Waals surface area contributed by atoms with Gasteiger partial charge in [0.1, 0.15) is 12.5 Å². The van der Waals surface area contributed by atoms with Gasteiger partial charge in [-0.1, -0.05) is 22.6 Å². The Balaban J connectivity index is 0.000000158. The first kappa shape index (κ1) is 27.4. The van der Waals surface area contributed by atoms with Crippen LogP contribution in [-0.4, -0.2) is 84.6 Å². The summed E-state index contributed by atoms with van der Waals surface area (Å²) in [4.78, 5) is 44.3. The van der Waals surface area contributed by atoms with Gasteiger partial charge in [0.15, 0.2) is 22.3 Å². The highest BCUT2D eigenvalue weighted by Gasteiger charge is 2.36. The van der Waals surface area contributed by atoms with E-state index in [9.17, 15) is 19.8 Å². The van der Waals surface area contributed by atoms with Gasteiger partial charge >= 0.3 is 0 Å². The Hall–Kier alpha value is -3.21. The molecule has 11 N–H and O–H groups in total. The number of nitrogen functional groups attached to an aromatic ring is 2. The number of hydrazine groups is 1. The molecule has 19 heteroatoms. The fourth-order valence-corrected chi connectivity index (χ4v) is 5.31. The Morgan fingerprint density at radius 1 is 0.923 bits per heavy atom. The lowest BCUT2D eigenvalue weighted by molar-refractivity contribution is -0.0156. The highest BCUT2D eigenvalue weighted by Crippen LogP contribution is 2.31. The SMILES string of the molecule is NNC[C@H]1O[C@@H](n2cnc3c(=O)[nH]c(N)nc32)C[C@@H]1O.Nc1nc2c(ncn2[C@H]2C[C@H](O)[C@@H](CI)O2)c(=O)[nH]1. The van der Waals surface area contributed by atoms with Gasteiger partial charge in [-0.25, -0.2) is 9.97 Å². The summed E-state index contributed by atoms with van der Waals surface area (Å²) in [6, 6.07) is 0. The van der Waals surface area contributed by atoms with Crippen LogP contribution in [0.2, 0.25) is 0 Å². The zero-order valence-corrected chi connectivity index (χ0v) is 22.4. The van der Waals surface area contributed by atoms with Crippen LogP contribution in [0.15, 0.2) is 22.2 Å². The molecule has 0 amide bonds. The number of aromatic amines is 2. The zero-order valence-electron chi connectivity index (χ0n) is 20.3. The smallest absolute Gasteiger partial charge is 0.280 e. The summed E-state index contributed by atoms with van der Waals surface area (Å²) in [5.41, 5.74) is 13.8. The summed E-state index contributed by atoms with van der Waals surface area (Å²) in [7, 11) is 0. The molecule has 6 atom stereocenters. The number of nitrogens with two attached hydrogens (primary N) is 3. The molecule has 2 aliphatic rings. The Kier molecular flexibility index (Phi) is 7.80. The molecule has 0 radical (unpaired) electrons. The van der Waals surface area contributed by atoms with Gasteiger partial charge in [-0.2, -0.15) is 9.97 Å². The molecule has 18 nitrogen and oxygen atoms in total. The molecule has 6 heterocycles. The van der Waals surface area contributed by atoms with E-state index in [0.717, 1.165) is 0 Å². The molecule has 0 unspecified atom stereocenters. The lowest BCUT2D eigenvalue weighted by Crippen LogP contribution is -2.37. The molecule has 0 aromatic carbocycles. The molecular weight excluding hydrogens is 631 g/mol. The van der Waals surface area contributed by atoms with Crippen molar-refractivity contribution < 1.29 is 19.7 Å². The molecule has 0 bridgehead atoms. The largest absolute Gasteiger partial charge is 0.390 e. The average molecular weight is 658 g/mol. The second-order valence-electron chi connectivity index (χ2n) is 8.98. The monoisotopic (exact) mass is 658 g/mol. The molecule has 2 saturated heterocycles. The second-order valence-corrected chi connectivity index (χ2v) is 9.86. The molecule has 39 heavy (non-hydrogen) atoms. The first-order chi connectivity index (χ1) is 18.7. The summed E-state index contributed by atoms with van der Waals surface area (Å²) in [5, 5.41) is 19.8. The number of aliphatic hydroxyl groups is 2. The number of aromatic nitrogens is 8. The number of hydrogen-bond acceptors (Lipinski definition) is 14. The number of rotatable bonds is 5. The van der Waals surface area contributed by atoms with Crippen molar-refractivity contribution in [1.29, 1.82) is 0 Å². The predicted octanol–water partition coefficient (Wildman–Crippen LogP) is -2.40. The summed E-state index contributed by atoms with van der Waals surface area (Å²) < 4.78 is 15.3. The quantitative estimate of drug-likeness (QED) is 0.0481. The summed E-state index contributed by atoms with van der Waals surface area (Å²) in [6.45, 7) is 0.320. The van der Waals surface area contributed by atoms with Crippen LogP contribution in [0.4, 0.5) is 11.9 Å². The maximum atomic E-state index is 11.7. The number of nitrogens with one attached hydrogen (secondary N) is 3. The maximum absolute atomic E-state index is 11.7. The highest BCUT2D eigenvalue weighted by atomic mass is 127. The van der Waals surface area contributed by atoms with Gasteiger partial charge in [-0.15, -0.1) is 0 Å². The summed E-state index contributed by atoms with van der Waals surface area (Å²) in [5.74, 6) is 5.26. The van der Waals surface area contributed by atoms with E-state index in [2.05, 4.69) is 57.9 Å². The van der Waals surface area contributed by atoms with Gasteiger partial charge in [0.2, 0.25) is 11.9 Å². The van der Waals surface area contributed by atoms with Crippen molar-refractivity contribution >= 4 is 56.8 Å². The number of imidazole rings is 2. The number of hydrogen-bond donors (Lipinski definition) is 8. The molecule has 0 aliphatic carbocycles. The third kappa shape index (κ3) is 5.33. The number of anilines is 2. The van der Waals surface area contributed by atoms with Gasteiger partial charge in [-0.05, 0) is 0 Å². The maximum Gasteiger partial charge on any atom is 0.280 e. The van der Waals surface area contributed by atoms with Crippen LogP contribution in [0.3, 0.4) is 0 Å². The highest BCUT2D eigenvalue weighted by molar-refractivity contribution is 14.1. The van der Waals surface area contributed by atoms with Crippen molar-refractivity contribution in [2.24, 2.45) is 5.84 Å². The zero-order chi connectivity index (χ0) is 27.8. The van der Waals surface area contributed by atoms with Gasteiger partial charge in [0.25, 0.3) is 11.1 Å². The van der Waals surface area contributed by atoms with Crippen LogP contribution in [-0.2, 0) is 9.47 Å². The van der Waals surface area contributed by atoms with Crippen LogP contribution < -0.4 is 33.9 Å². The number of alkyl halides is 1. The second kappa shape index (κ2) is 11.1. The number of fused-ring (bicyclic) bond motifs is 2. The fraction of sp³-hybridized carbons (Fsp3) is 0.500. The van der Waals surface area contributed by atoms with E-state index >= 15 is 0 Å². The first-order valence-electron chi connectivity index (χ1n) is 11.8. The molecule has 0 saturated carbocycles. The first-order valence-corrected chi connectivity index (χ1v) is 13.3. The molecular formula is C20H27IN12O6. The Bertz CT molecular complexity index is 1580. The molecule has 4 aromatic rings. The Morgan fingerprint density at radius 2 is 1.38 bits per heavy atom. The number of aliphatic hydroxyl groups excluding tert-OH is 2. The minimum atomic E-state index is -0.659. The van der Waals surface area contributed by atoms with Gasteiger partial charge in [0.05, 0.1) is 37.1 Å². The van der Waals surface area contributed by atoms with E-state index in [1.807, 2.05) is 0 Å². The molecule has 210 valence electrons. The molecule has 6 rings (SSSR count). The average Bonchev–Trinajstić information content (AvgIpc) is 3.65. The number of halogens is 1. The van der Waals surface area contributed by atoms with E-state index in [4.69, 9.17) is 26.8 Å². The Morgan fingerprint density at radius 3 is 1.82 bits per heavy atom. The lowest BCUT2D eigenvalue weighted by atomic mass is 10.2. The molecule has 2 aliphatic heterocycles.